The fourth-order valence-electron chi connectivity index (χ4n) is 3.79. The molecular weight excluding hydrogens is 340 g/mol. The summed E-state index contributed by atoms with van der Waals surface area (Å²) in [5, 5.41) is 6.11. The summed E-state index contributed by atoms with van der Waals surface area (Å²) in [6.07, 6.45) is 7.81. The maximum Gasteiger partial charge on any atom is 0.240 e. The van der Waals surface area contributed by atoms with Gasteiger partial charge in [-0.15, -0.1) is 0 Å². The Morgan fingerprint density at radius 3 is 2.70 bits per heavy atom. The van der Waals surface area contributed by atoms with Crippen molar-refractivity contribution in [2.75, 3.05) is 6.54 Å². The summed E-state index contributed by atoms with van der Waals surface area (Å²) in [6, 6.07) is 8.18. The monoisotopic (exact) mass is 370 g/mol. The number of hydrogen-bond acceptors (Lipinski definition) is 3. The minimum atomic E-state index is 0.0429. The van der Waals surface area contributed by atoms with Gasteiger partial charge in [0.25, 0.3) is 0 Å². The highest BCUT2D eigenvalue weighted by atomic mass is 16.2. The molecule has 0 atom stereocenters. The molecule has 2 aromatic rings. The van der Waals surface area contributed by atoms with Crippen LogP contribution < -0.4 is 10.6 Å². The van der Waals surface area contributed by atoms with Crippen LogP contribution in [0.2, 0.25) is 0 Å². The molecule has 2 N–H and O–H groups in total. The zero-order chi connectivity index (χ0) is 19.1. The molecule has 0 aliphatic heterocycles. The van der Waals surface area contributed by atoms with Crippen molar-refractivity contribution in [3.8, 4) is 0 Å². The van der Waals surface area contributed by atoms with Crippen LogP contribution in [-0.2, 0) is 22.6 Å². The number of imidazole rings is 1. The molecule has 27 heavy (non-hydrogen) atoms. The van der Waals surface area contributed by atoms with Gasteiger partial charge in [-0.05, 0) is 31.4 Å². The van der Waals surface area contributed by atoms with Crippen LogP contribution >= 0.6 is 0 Å². The van der Waals surface area contributed by atoms with E-state index in [1.165, 1.54) is 19.3 Å². The summed E-state index contributed by atoms with van der Waals surface area (Å²) in [6.45, 7) is 2.80. The largest absolute Gasteiger partial charge is 0.356 e. The predicted molar refractivity (Wildman–Crippen MR) is 106 cm³/mol. The van der Waals surface area contributed by atoms with E-state index in [1.54, 1.807) is 0 Å². The highest BCUT2D eigenvalue weighted by Crippen LogP contribution is 2.19. The van der Waals surface area contributed by atoms with Crippen LogP contribution in [0, 0.1) is 0 Å². The Bertz CT molecular complexity index is 778. The fraction of sp³-hybridized carbons (Fsp3) is 0.571. The first-order valence-corrected chi connectivity index (χ1v) is 10.2. The Morgan fingerprint density at radius 1 is 1.15 bits per heavy atom. The van der Waals surface area contributed by atoms with E-state index < -0.39 is 0 Å². The van der Waals surface area contributed by atoms with Crippen molar-refractivity contribution in [1.82, 2.24) is 20.2 Å². The minimum absolute atomic E-state index is 0.0429. The van der Waals surface area contributed by atoms with Gasteiger partial charge < -0.3 is 15.2 Å². The molecule has 146 valence electrons. The van der Waals surface area contributed by atoms with E-state index in [4.69, 9.17) is 0 Å². The topological polar surface area (TPSA) is 76.0 Å². The third-order valence-electron chi connectivity index (χ3n) is 5.15. The number of aromatic nitrogens is 2. The van der Waals surface area contributed by atoms with Crippen molar-refractivity contribution in [3.63, 3.8) is 0 Å². The van der Waals surface area contributed by atoms with Crippen LogP contribution in [0.25, 0.3) is 11.0 Å². The highest BCUT2D eigenvalue weighted by molar-refractivity contribution is 5.81. The molecule has 1 aliphatic carbocycles. The number of nitrogens with zero attached hydrogens (tertiary/aromatic N) is 2. The molecule has 6 nitrogen and oxygen atoms in total. The summed E-state index contributed by atoms with van der Waals surface area (Å²) < 4.78 is 1.99. The van der Waals surface area contributed by atoms with Gasteiger partial charge in [0.1, 0.15) is 12.4 Å². The second kappa shape index (κ2) is 9.53. The first-order chi connectivity index (χ1) is 13.2. The average molecular weight is 370 g/mol. The highest BCUT2D eigenvalue weighted by Gasteiger charge is 2.18. The van der Waals surface area contributed by atoms with Gasteiger partial charge in [0.15, 0.2) is 0 Å². The molecule has 1 aliphatic rings. The van der Waals surface area contributed by atoms with Gasteiger partial charge in [-0.3, -0.25) is 9.59 Å². The first kappa shape index (κ1) is 19.4. The van der Waals surface area contributed by atoms with Crippen LogP contribution in [-0.4, -0.2) is 34.0 Å². The number of amides is 2. The van der Waals surface area contributed by atoms with Crippen LogP contribution in [0.15, 0.2) is 24.3 Å². The predicted octanol–water partition coefficient (Wildman–Crippen LogP) is 2.94. The summed E-state index contributed by atoms with van der Waals surface area (Å²) in [5.41, 5.74) is 1.85. The van der Waals surface area contributed by atoms with Crippen molar-refractivity contribution in [3.05, 3.63) is 30.1 Å². The SMILES string of the molecule is CCCC(=O)NCCc1nc2ccccc2n1CC(=O)NC1CCCCC1. The van der Waals surface area contributed by atoms with Gasteiger partial charge >= 0.3 is 0 Å². The fourth-order valence-corrected chi connectivity index (χ4v) is 3.79. The molecule has 1 aromatic carbocycles. The second-order valence-corrected chi connectivity index (χ2v) is 7.36. The number of carbonyl (C=O) groups is 2. The number of hydrogen-bond donors (Lipinski definition) is 2. The van der Waals surface area contributed by atoms with E-state index in [-0.39, 0.29) is 18.4 Å². The smallest absolute Gasteiger partial charge is 0.240 e. The van der Waals surface area contributed by atoms with E-state index in [2.05, 4.69) is 15.6 Å². The van der Waals surface area contributed by atoms with Gasteiger partial charge in [-0.1, -0.05) is 38.3 Å². The molecule has 1 fully saturated rings. The lowest BCUT2D eigenvalue weighted by Gasteiger charge is -2.23. The van der Waals surface area contributed by atoms with Crippen molar-refractivity contribution >= 4 is 22.8 Å². The molecule has 1 aromatic heterocycles. The lowest BCUT2D eigenvalue weighted by Crippen LogP contribution is -2.38. The Kier molecular flexibility index (Phi) is 6.85. The third kappa shape index (κ3) is 5.31. The molecule has 0 saturated heterocycles. The maximum atomic E-state index is 12.6. The lowest BCUT2D eigenvalue weighted by molar-refractivity contribution is -0.123. The second-order valence-electron chi connectivity index (χ2n) is 7.36. The van der Waals surface area contributed by atoms with Gasteiger partial charge in [0.05, 0.1) is 11.0 Å². The molecule has 3 rings (SSSR count). The first-order valence-electron chi connectivity index (χ1n) is 10.2. The number of fused-ring (bicyclic) bond motifs is 1. The van der Waals surface area contributed by atoms with Crippen LogP contribution in [0.5, 0.6) is 0 Å². The molecular formula is C21H30N4O2. The number of para-hydroxylation sites is 2. The van der Waals surface area contributed by atoms with Gasteiger partial charge in [-0.25, -0.2) is 4.98 Å². The molecule has 0 unspecified atom stereocenters. The molecule has 0 spiro atoms. The van der Waals surface area contributed by atoms with Crippen molar-refractivity contribution in [1.29, 1.82) is 0 Å². The van der Waals surface area contributed by atoms with E-state index in [9.17, 15) is 9.59 Å². The lowest BCUT2D eigenvalue weighted by atomic mass is 9.95. The molecule has 1 saturated carbocycles. The number of benzene rings is 1. The van der Waals surface area contributed by atoms with Crippen LogP contribution in [0.3, 0.4) is 0 Å². The molecule has 1 heterocycles. The van der Waals surface area contributed by atoms with Gasteiger partial charge in [0.2, 0.25) is 11.8 Å². The zero-order valence-corrected chi connectivity index (χ0v) is 16.2. The number of nitrogens with one attached hydrogen (secondary N) is 2. The standard InChI is InChI=1S/C21H30N4O2/c1-2-8-20(26)22-14-13-19-24-17-11-6-7-12-18(17)25(19)15-21(27)23-16-9-4-3-5-10-16/h6-7,11-12,16H,2-5,8-10,13-15H2,1H3,(H,22,26)(H,23,27). The Labute approximate surface area is 160 Å². The molecule has 6 heteroatoms. The average Bonchev–Trinajstić information content (AvgIpc) is 3.00. The van der Waals surface area contributed by atoms with Gasteiger partial charge in [-0.2, -0.15) is 0 Å². The summed E-state index contributed by atoms with van der Waals surface area (Å²) in [5.74, 6) is 0.948. The summed E-state index contributed by atoms with van der Waals surface area (Å²) in [7, 11) is 0. The van der Waals surface area contributed by atoms with Crippen LogP contribution in [0.1, 0.15) is 57.7 Å². The van der Waals surface area contributed by atoms with E-state index >= 15 is 0 Å². The number of rotatable bonds is 8. The molecule has 0 radical (unpaired) electrons. The van der Waals surface area contributed by atoms with Crippen molar-refractivity contribution in [2.45, 2.75) is 70.9 Å². The van der Waals surface area contributed by atoms with E-state index in [0.717, 1.165) is 36.1 Å². The summed E-state index contributed by atoms with van der Waals surface area (Å²) in [4.78, 5) is 29.0. The third-order valence-corrected chi connectivity index (χ3v) is 5.15. The summed E-state index contributed by atoms with van der Waals surface area (Å²) >= 11 is 0. The van der Waals surface area contributed by atoms with E-state index in [1.807, 2.05) is 35.8 Å². The maximum absolute atomic E-state index is 12.6. The number of carbonyl (C=O) groups excluding carboxylic acids is 2. The minimum Gasteiger partial charge on any atom is -0.356 e. The Hall–Kier alpha value is -2.37. The van der Waals surface area contributed by atoms with Gasteiger partial charge in [0, 0.05) is 25.4 Å². The normalized spacial score (nSPS) is 15.0. The zero-order valence-electron chi connectivity index (χ0n) is 16.2. The Balaban J connectivity index is 1.68. The molecule has 2 amide bonds. The Morgan fingerprint density at radius 2 is 1.93 bits per heavy atom. The van der Waals surface area contributed by atoms with Crippen LogP contribution in [0.4, 0.5) is 0 Å². The van der Waals surface area contributed by atoms with Crippen molar-refractivity contribution in [2.24, 2.45) is 0 Å². The quantitative estimate of drug-likeness (QED) is 0.750. The van der Waals surface area contributed by atoms with Crippen molar-refractivity contribution < 1.29 is 9.59 Å². The molecule has 0 bridgehead atoms. The van der Waals surface area contributed by atoms with E-state index in [0.29, 0.717) is 25.4 Å².